The zero-order chi connectivity index (χ0) is 52.9. The largest absolute Gasteiger partial charge is 0.462 e. The van der Waals surface area contributed by atoms with E-state index in [-0.39, 0.29) is 31.1 Å². The van der Waals surface area contributed by atoms with Crippen LogP contribution in [0.15, 0.2) is 72.9 Å². The van der Waals surface area contributed by atoms with Gasteiger partial charge in [0.25, 0.3) is 0 Å². The highest BCUT2D eigenvalue weighted by Gasteiger charge is 2.19. The van der Waals surface area contributed by atoms with Gasteiger partial charge in [-0.2, -0.15) is 0 Å². The Morgan fingerprint density at radius 1 is 0.288 bits per heavy atom. The average molecular weight is 1020 g/mol. The van der Waals surface area contributed by atoms with E-state index >= 15 is 0 Å². The molecule has 0 radical (unpaired) electrons. The Bertz CT molecular complexity index is 1360. The lowest BCUT2D eigenvalue weighted by molar-refractivity contribution is -0.167. The highest BCUT2D eigenvalue weighted by atomic mass is 16.6. The van der Waals surface area contributed by atoms with E-state index in [1.54, 1.807) is 0 Å². The van der Waals surface area contributed by atoms with Crippen LogP contribution in [0.2, 0.25) is 0 Å². The fourth-order valence-corrected chi connectivity index (χ4v) is 9.00. The van der Waals surface area contributed by atoms with Gasteiger partial charge < -0.3 is 14.2 Å². The second kappa shape index (κ2) is 61.4. The molecule has 6 nitrogen and oxygen atoms in total. The van der Waals surface area contributed by atoms with Crippen molar-refractivity contribution in [3.63, 3.8) is 0 Å². The SMILES string of the molecule is CC/C=C\C/C=C\C/C=C\CCCCCCCCCC(=O)OC(COC(=O)CCCCCCCCCCCC/C=C\C/C=C\C/C=C\CCCCCCC)COC(=O)CCCCCCCCCCCCCCC. The van der Waals surface area contributed by atoms with Crippen molar-refractivity contribution < 1.29 is 28.6 Å². The zero-order valence-corrected chi connectivity index (χ0v) is 48.4. The van der Waals surface area contributed by atoms with Crippen LogP contribution in [0.3, 0.4) is 0 Å². The molecular formula is C67H118O6. The molecule has 6 heteroatoms. The van der Waals surface area contributed by atoms with E-state index < -0.39 is 6.10 Å². The fraction of sp³-hybridized carbons (Fsp3) is 0.776. The minimum Gasteiger partial charge on any atom is -0.462 e. The molecule has 0 aromatic heterocycles. The highest BCUT2D eigenvalue weighted by Crippen LogP contribution is 2.16. The molecule has 0 N–H and O–H groups in total. The predicted molar refractivity (Wildman–Crippen MR) is 316 cm³/mol. The number of ether oxygens (including phenoxy) is 3. The highest BCUT2D eigenvalue weighted by molar-refractivity contribution is 5.71. The number of hydrogen-bond acceptors (Lipinski definition) is 6. The smallest absolute Gasteiger partial charge is 0.306 e. The molecule has 0 saturated heterocycles. The number of allylic oxidation sites excluding steroid dienone is 12. The van der Waals surface area contributed by atoms with Gasteiger partial charge in [0, 0.05) is 19.3 Å². The van der Waals surface area contributed by atoms with Gasteiger partial charge in [-0.15, -0.1) is 0 Å². The van der Waals surface area contributed by atoms with Crippen LogP contribution in [0.1, 0.15) is 316 Å². The van der Waals surface area contributed by atoms with E-state index in [1.807, 2.05) is 0 Å². The summed E-state index contributed by atoms with van der Waals surface area (Å²) in [5, 5.41) is 0. The summed E-state index contributed by atoms with van der Waals surface area (Å²) in [5.74, 6) is -0.878. The van der Waals surface area contributed by atoms with Crippen LogP contribution >= 0.6 is 0 Å². The van der Waals surface area contributed by atoms with Crippen molar-refractivity contribution in [3.05, 3.63) is 72.9 Å². The topological polar surface area (TPSA) is 78.9 Å². The quantitative estimate of drug-likeness (QED) is 0.0261. The molecule has 0 amide bonds. The molecule has 0 bridgehead atoms. The van der Waals surface area contributed by atoms with Crippen molar-refractivity contribution in [1.82, 2.24) is 0 Å². The van der Waals surface area contributed by atoms with Crippen molar-refractivity contribution in [2.75, 3.05) is 13.2 Å². The van der Waals surface area contributed by atoms with Crippen LogP contribution in [0.25, 0.3) is 0 Å². The molecule has 0 fully saturated rings. The lowest BCUT2D eigenvalue weighted by Gasteiger charge is -2.18. The normalized spacial score (nSPS) is 12.5. The zero-order valence-electron chi connectivity index (χ0n) is 48.4. The second-order valence-electron chi connectivity index (χ2n) is 20.9. The van der Waals surface area contributed by atoms with E-state index in [0.717, 1.165) is 96.3 Å². The van der Waals surface area contributed by atoms with Crippen LogP contribution in [0.4, 0.5) is 0 Å². The number of carbonyl (C=O) groups excluding carboxylic acids is 3. The van der Waals surface area contributed by atoms with E-state index in [4.69, 9.17) is 14.2 Å². The van der Waals surface area contributed by atoms with Crippen molar-refractivity contribution in [1.29, 1.82) is 0 Å². The Labute approximate surface area is 453 Å². The van der Waals surface area contributed by atoms with Gasteiger partial charge in [0.1, 0.15) is 13.2 Å². The molecule has 1 unspecified atom stereocenters. The summed E-state index contributed by atoms with van der Waals surface area (Å²) in [5.41, 5.74) is 0. The first-order chi connectivity index (χ1) is 36.0. The van der Waals surface area contributed by atoms with E-state index in [2.05, 4.69) is 93.7 Å². The maximum Gasteiger partial charge on any atom is 0.306 e. The van der Waals surface area contributed by atoms with Gasteiger partial charge >= 0.3 is 17.9 Å². The van der Waals surface area contributed by atoms with E-state index in [9.17, 15) is 14.4 Å². The monoisotopic (exact) mass is 1020 g/mol. The van der Waals surface area contributed by atoms with Crippen molar-refractivity contribution in [2.24, 2.45) is 0 Å². The maximum absolute atomic E-state index is 12.9. The molecule has 422 valence electrons. The number of unbranched alkanes of at least 4 members (excludes halogenated alkanes) is 34. The van der Waals surface area contributed by atoms with Gasteiger partial charge in [-0.05, 0) is 89.9 Å². The summed E-state index contributed by atoms with van der Waals surface area (Å²) in [6.07, 6.45) is 79.0. The molecule has 0 heterocycles. The third-order valence-electron chi connectivity index (χ3n) is 13.7. The standard InChI is InChI=1S/C67H118O6/c1-4-7-10-13-16-19-22-25-27-29-30-31-32-33-34-35-36-38-39-42-45-48-51-54-57-60-66(69)72-63-64(62-71-65(68)59-56-53-50-47-44-41-24-21-18-15-12-9-6-3)73-67(70)61-58-55-52-49-46-43-40-37-28-26-23-20-17-14-11-8-5-2/h8,11,17,20,22,25-26,28-30,32-33,64H,4-7,9-10,12-16,18-19,21,23-24,27,31,34-63H2,1-3H3/b11-8-,20-17-,25-22-,28-26-,30-29-,33-32-. The van der Waals surface area contributed by atoms with Crippen molar-refractivity contribution >= 4 is 17.9 Å². The Balaban J connectivity index is 4.31. The third-order valence-corrected chi connectivity index (χ3v) is 13.7. The van der Waals surface area contributed by atoms with Crippen LogP contribution in [-0.4, -0.2) is 37.2 Å². The minimum absolute atomic E-state index is 0.0779. The lowest BCUT2D eigenvalue weighted by atomic mass is 10.0. The van der Waals surface area contributed by atoms with Gasteiger partial charge in [-0.3, -0.25) is 14.4 Å². The van der Waals surface area contributed by atoms with Gasteiger partial charge in [-0.25, -0.2) is 0 Å². The minimum atomic E-state index is -0.781. The molecule has 0 aromatic carbocycles. The number of rotatable bonds is 57. The third kappa shape index (κ3) is 59.6. The molecule has 73 heavy (non-hydrogen) atoms. The Morgan fingerprint density at radius 3 is 0.836 bits per heavy atom. The van der Waals surface area contributed by atoms with Crippen molar-refractivity contribution in [3.8, 4) is 0 Å². The van der Waals surface area contributed by atoms with Crippen LogP contribution in [-0.2, 0) is 28.6 Å². The number of esters is 3. The molecule has 0 aliphatic rings. The maximum atomic E-state index is 12.9. The fourth-order valence-electron chi connectivity index (χ4n) is 9.00. The molecule has 0 rings (SSSR count). The van der Waals surface area contributed by atoms with E-state index in [0.29, 0.717) is 19.3 Å². The second-order valence-corrected chi connectivity index (χ2v) is 20.9. The number of carbonyl (C=O) groups is 3. The summed E-state index contributed by atoms with van der Waals surface area (Å²) < 4.78 is 16.9. The summed E-state index contributed by atoms with van der Waals surface area (Å²) in [6, 6.07) is 0. The van der Waals surface area contributed by atoms with Crippen LogP contribution < -0.4 is 0 Å². The van der Waals surface area contributed by atoms with Crippen LogP contribution in [0.5, 0.6) is 0 Å². The number of hydrogen-bond donors (Lipinski definition) is 0. The molecule has 0 aliphatic heterocycles. The first-order valence-electron chi connectivity index (χ1n) is 31.4. The van der Waals surface area contributed by atoms with Gasteiger partial charge in [-0.1, -0.05) is 280 Å². The van der Waals surface area contributed by atoms with Gasteiger partial charge in [0.2, 0.25) is 0 Å². The molecule has 0 saturated carbocycles. The molecule has 0 aromatic rings. The van der Waals surface area contributed by atoms with Gasteiger partial charge in [0.15, 0.2) is 6.10 Å². The first-order valence-corrected chi connectivity index (χ1v) is 31.4. The van der Waals surface area contributed by atoms with Gasteiger partial charge in [0.05, 0.1) is 0 Å². The first kappa shape index (κ1) is 69.8. The summed E-state index contributed by atoms with van der Waals surface area (Å²) >= 11 is 0. The molecular weight excluding hydrogens is 901 g/mol. The lowest BCUT2D eigenvalue weighted by Crippen LogP contribution is -2.30. The predicted octanol–water partition coefficient (Wildman–Crippen LogP) is 21.3. The summed E-state index contributed by atoms with van der Waals surface area (Å²) in [7, 11) is 0. The average Bonchev–Trinajstić information content (AvgIpc) is 3.39. The Kier molecular flexibility index (Phi) is 58.7. The molecule has 1 atom stereocenters. The molecule has 0 spiro atoms. The van der Waals surface area contributed by atoms with Crippen LogP contribution in [0, 0.1) is 0 Å². The summed E-state index contributed by atoms with van der Waals surface area (Å²) in [6.45, 7) is 6.54. The Morgan fingerprint density at radius 2 is 0.534 bits per heavy atom. The molecule has 0 aliphatic carbocycles. The Hall–Kier alpha value is -3.15. The van der Waals surface area contributed by atoms with E-state index in [1.165, 1.54) is 180 Å². The van der Waals surface area contributed by atoms with Crippen molar-refractivity contribution in [2.45, 2.75) is 322 Å². The summed E-state index contributed by atoms with van der Waals surface area (Å²) in [4.78, 5) is 38.3.